The third-order valence-corrected chi connectivity index (χ3v) is 3.15. The smallest absolute Gasteiger partial charge is 0.253 e. The van der Waals surface area contributed by atoms with Crippen molar-refractivity contribution >= 4 is 5.91 Å². The zero-order valence-corrected chi connectivity index (χ0v) is 8.97. The number of aryl methyl sites for hydroxylation is 1. The van der Waals surface area contributed by atoms with E-state index in [1.54, 1.807) is 6.20 Å². The Bertz CT molecular complexity index is 366. The Hall–Kier alpha value is -1.29. The molecule has 4 nitrogen and oxygen atoms in total. The van der Waals surface area contributed by atoms with Crippen LogP contribution in [0.25, 0.3) is 0 Å². The van der Waals surface area contributed by atoms with Gasteiger partial charge in [0.25, 0.3) is 5.91 Å². The van der Waals surface area contributed by atoms with Crippen LogP contribution < -0.4 is 11.1 Å². The number of aromatic nitrogens is 1. The summed E-state index contributed by atoms with van der Waals surface area (Å²) in [5.41, 5.74) is 7.54. The molecule has 4 heteroatoms. The Morgan fingerprint density at radius 3 is 2.80 bits per heavy atom. The van der Waals surface area contributed by atoms with Crippen molar-refractivity contribution in [1.29, 1.82) is 0 Å². The summed E-state index contributed by atoms with van der Waals surface area (Å²) in [4.78, 5) is 14.6. The zero-order chi connectivity index (χ0) is 10.9. The van der Waals surface area contributed by atoms with Crippen molar-refractivity contribution in [2.45, 2.75) is 31.7 Å². The molecule has 1 aromatic heterocycles. The molecule has 0 unspecified atom stereocenters. The molecule has 0 radical (unpaired) electrons. The van der Waals surface area contributed by atoms with Crippen LogP contribution in [-0.2, 0) is 0 Å². The lowest BCUT2D eigenvalue weighted by Crippen LogP contribution is -2.54. The van der Waals surface area contributed by atoms with Crippen molar-refractivity contribution in [3.8, 4) is 0 Å². The summed E-state index contributed by atoms with van der Waals surface area (Å²) in [6, 6.07) is 0. The lowest BCUT2D eigenvalue weighted by atomic mass is 9.78. The molecule has 4 N–H and O–H groups in total. The topological polar surface area (TPSA) is 70.9 Å². The molecule has 0 atom stereocenters. The fraction of sp³-hybridized carbons (Fsp3) is 0.545. The van der Waals surface area contributed by atoms with Crippen molar-refractivity contribution in [3.63, 3.8) is 0 Å². The lowest BCUT2D eigenvalue weighted by Gasteiger charge is -2.38. The molecule has 1 heterocycles. The first-order valence-electron chi connectivity index (χ1n) is 5.31. The number of rotatable bonds is 3. The van der Waals surface area contributed by atoms with Crippen LogP contribution in [0, 0.1) is 6.92 Å². The molecule has 1 fully saturated rings. The SMILES string of the molecule is Cc1c[nH]cc1C(=O)NCC1(N)CCC1. The predicted octanol–water partition coefficient (Wildman–Crippen LogP) is 0.934. The molecule has 0 saturated heterocycles. The summed E-state index contributed by atoms with van der Waals surface area (Å²) in [6.07, 6.45) is 6.74. The number of hydrogen-bond acceptors (Lipinski definition) is 2. The first-order chi connectivity index (χ1) is 7.11. The number of hydrogen-bond donors (Lipinski definition) is 3. The van der Waals surface area contributed by atoms with Crippen LogP contribution in [0.1, 0.15) is 35.2 Å². The Balaban J connectivity index is 1.90. The maximum absolute atomic E-state index is 11.7. The summed E-state index contributed by atoms with van der Waals surface area (Å²) in [6.45, 7) is 2.49. The normalized spacial score (nSPS) is 18.3. The Kier molecular flexibility index (Phi) is 2.52. The van der Waals surface area contributed by atoms with Gasteiger partial charge in [-0.05, 0) is 31.7 Å². The number of nitrogens with one attached hydrogen (secondary N) is 2. The van der Waals surface area contributed by atoms with E-state index in [1.165, 1.54) is 6.42 Å². The third-order valence-electron chi connectivity index (χ3n) is 3.15. The molecule has 1 aliphatic carbocycles. The van der Waals surface area contributed by atoms with Crippen molar-refractivity contribution in [2.75, 3.05) is 6.54 Å². The van der Waals surface area contributed by atoms with Gasteiger partial charge in [-0.1, -0.05) is 0 Å². The number of H-pyrrole nitrogens is 1. The first kappa shape index (κ1) is 10.2. The molecule has 0 aromatic carbocycles. The quantitative estimate of drug-likeness (QED) is 0.690. The minimum absolute atomic E-state index is 0.0366. The molecule has 0 bridgehead atoms. The summed E-state index contributed by atoms with van der Waals surface area (Å²) in [5, 5.41) is 2.88. The Morgan fingerprint density at radius 2 is 2.33 bits per heavy atom. The van der Waals surface area contributed by atoms with Gasteiger partial charge in [-0.3, -0.25) is 4.79 Å². The van der Waals surface area contributed by atoms with Gasteiger partial charge in [-0.2, -0.15) is 0 Å². The number of aromatic amines is 1. The van der Waals surface area contributed by atoms with Gasteiger partial charge in [-0.25, -0.2) is 0 Å². The average Bonchev–Trinajstić information content (AvgIpc) is 2.58. The van der Waals surface area contributed by atoms with E-state index in [4.69, 9.17) is 5.73 Å². The largest absolute Gasteiger partial charge is 0.367 e. The maximum atomic E-state index is 11.7. The van der Waals surface area contributed by atoms with Gasteiger partial charge in [0.05, 0.1) is 5.56 Å². The van der Waals surface area contributed by atoms with E-state index in [1.807, 2.05) is 13.1 Å². The highest BCUT2D eigenvalue weighted by atomic mass is 16.1. The van der Waals surface area contributed by atoms with Crippen LogP contribution in [0.3, 0.4) is 0 Å². The van der Waals surface area contributed by atoms with Crippen molar-refractivity contribution < 1.29 is 4.79 Å². The summed E-state index contributed by atoms with van der Waals surface area (Å²) in [7, 11) is 0. The maximum Gasteiger partial charge on any atom is 0.253 e. The summed E-state index contributed by atoms with van der Waals surface area (Å²) < 4.78 is 0. The van der Waals surface area contributed by atoms with Gasteiger partial charge >= 0.3 is 0 Å². The molecule has 1 amide bonds. The van der Waals surface area contributed by atoms with E-state index in [9.17, 15) is 4.79 Å². The van der Waals surface area contributed by atoms with Gasteiger partial charge in [0, 0.05) is 24.5 Å². The molecule has 1 aromatic rings. The first-order valence-corrected chi connectivity index (χ1v) is 5.31. The molecule has 1 aliphatic rings. The van der Waals surface area contributed by atoms with Crippen molar-refractivity contribution in [2.24, 2.45) is 5.73 Å². The van der Waals surface area contributed by atoms with Gasteiger partial charge < -0.3 is 16.0 Å². The van der Waals surface area contributed by atoms with E-state index in [-0.39, 0.29) is 11.4 Å². The number of carbonyl (C=O) groups is 1. The van der Waals surface area contributed by atoms with Gasteiger partial charge in [0.1, 0.15) is 0 Å². The predicted molar refractivity (Wildman–Crippen MR) is 58.6 cm³/mol. The van der Waals surface area contributed by atoms with Gasteiger partial charge in [0.2, 0.25) is 0 Å². The summed E-state index contributed by atoms with van der Waals surface area (Å²) >= 11 is 0. The number of nitrogens with two attached hydrogens (primary N) is 1. The molecule has 0 spiro atoms. The highest BCUT2D eigenvalue weighted by molar-refractivity contribution is 5.95. The summed E-state index contributed by atoms with van der Waals surface area (Å²) in [5.74, 6) is -0.0366. The zero-order valence-electron chi connectivity index (χ0n) is 8.97. The average molecular weight is 207 g/mol. The second-order valence-electron chi connectivity index (χ2n) is 4.45. The Labute approximate surface area is 89.2 Å². The third kappa shape index (κ3) is 2.04. The van der Waals surface area contributed by atoms with E-state index >= 15 is 0 Å². The molecular formula is C11H17N3O. The van der Waals surface area contributed by atoms with Crippen LogP contribution in [0.5, 0.6) is 0 Å². The highest BCUT2D eigenvalue weighted by Crippen LogP contribution is 2.28. The van der Waals surface area contributed by atoms with Crippen molar-refractivity contribution in [1.82, 2.24) is 10.3 Å². The van der Waals surface area contributed by atoms with Crippen LogP contribution in [0.4, 0.5) is 0 Å². The van der Waals surface area contributed by atoms with Crippen LogP contribution in [-0.4, -0.2) is 23.0 Å². The second-order valence-corrected chi connectivity index (χ2v) is 4.45. The van der Waals surface area contributed by atoms with Crippen LogP contribution >= 0.6 is 0 Å². The highest BCUT2D eigenvalue weighted by Gasteiger charge is 2.32. The minimum Gasteiger partial charge on any atom is -0.367 e. The lowest BCUT2D eigenvalue weighted by molar-refractivity contribution is 0.0929. The molecule has 15 heavy (non-hydrogen) atoms. The van der Waals surface area contributed by atoms with E-state index in [2.05, 4.69) is 10.3 Å². The van der Waals surface area contributed by atoms with Crippen LogP contribution in [0.15, 0.2) is 12.4 Å². The van der Waals surface area contributed by atoms with E-state index in [0.717, 1.165) is 18.4 Å². The van der Waals surface area contributed by atoms with E-state index < -0.39 is 0 Å². The molecule has 2 rings (SSSR count). The standard InChI is InChI=1S/C11H17N3O/c1-8-5-13-6-9(8)10(15)14-7-11(12)3-2-4-11/h5-6,13H,2-4,7,12H2,1H3,(H,14,15). The number of amides is 1. The van der Waals surface area contributed by atoms with Crippen LogP contribution in [0.2, 0.25) is 0 Å². The Morgan fingerprint density at radius 1 is 1.60 bits per heavy atom. The van der Waals surface area contributed by atoms with Crippen molar-refractivity contribution in [3.05, 3.63) is 23.5 Å². The fourth-order valence-electron chi connectivity index (χ4n) is 1.85. The molecule has 0 aliphatic heterocycles. The number of carbonyl (C=O) groups excluding carboxylic acids is 1. The molecular weight excluding hydrogens is 190 g/mol. The second kappa shape index (κ2) is 3.70. The monoisotopic (exact) mass is 207 g/mol. The minimum atomic E-state index is -0.153. The van der Waals surface area contributed by atoms with Gasteiger partial charge in [0.15, 0.2) is 0 Å². The molecule has 1 saturated carbocycles. The van der Waals surface area contributed by atoms with Gasteiger partial charge in [-0.15, -0.1) is 0 Å². The molecule has 82 valence electrons. The fourth-order valence-corrected chi connectivity index (χ4v) is 1.85. The van der Waals surface area contributed by atoms with E-state index in [0.29, 0.717) is 12.1 Å².